The van der Waals surface area contributed by atoms with Crippen molar-refractivity contribution in [1.29, 1.82) is 0 Å². The maximum Gasteiger partial charge on any atom is 0.337 e. The molecule has 0 aliphatic rings. The third-order valence-electron chi connectivity index (χ3n) is 2.09. The van der Waals surface area contributed by atoms with Gasteiger partial charge in [-0.3, -0.25) is 0 Å². The van der Waals surface area contributed by atoms with Crippen molar-refractivity contribution in [1.82, 2.24) is 4.72 Å². The number of carboxylic acid groups (broad SMARTS) is 1. The molecular weight excluding hydrogens is 260 g/mol. The highest BCUT2D eigenvalue weighted by Gasteiger charge is 2.22. The number of hydrogen-bond acceptors (Lipinski definition) is 5. The summed E-state index contributed by atoms with van der Waals surface area (Å²) in [4.78, 5) is 10.5. The molecule has 100 valence electrons. The van der Waals surface area contributed by atoms with Crippen LogP contribution < -0.4 is 10.5 Å². The maximum atomic E-state index is 11.9. The number of hydrogen-bond donors (Lipinski definition) is 4. The van der Waals surface area contributed by atoms with Crippen LogP contribution in [-0.2, 0) is 10.0 Å². The van der Waals surface area contributed by atoms with Crippen LogP contribution in [0, 0.1) is 0 Å². The van der Waals surface area contributed by atoms with Crippen molar-refractivity contribution in [2.45, 2.75) is 17.9 Å². The molecule has 5 N–H and O–H groups in total. The minimum Gasteiger partial charge on any atom is -0.478 e. The predicted molar refractivity (Wildman–Crippen MR) is 64.7 cm³/mol. The van der Waals surface area contributed by atoms with Crippen LogP contribution in [0.3, 0.4) is 0 Å². The second-order valence-corrected chi connectivity index (χ2v) is 5.50. The van der Waals surface area contributed by atoms with Crippen molar-refractivity contribution in [3.05, 3.63) is 23.8 Å². The summed E-state index contributed by atoms with van der Waals surface area (Å²) < 4.78 is 25.8. The summed E-state index contributed by atoms with van der Waals surface area (Å²) in [7, 11) is -4.02. The van der Waals surface area contributed by atoms with E-state index in [0.29, 0.717) is 0 Å². The van der Waals surface area contributed by atoms with E-state index < -0.39 is 27.0 Å². The van der Waals surface area contributed by atoms with E-state index in [1.165, 1.54) is 13.0 Å². The van der Waals surface area contributed by atoms with E-state index in [-0.39, 0.29) is 17.8 Å². The van der Waals surface area contributed by atoms with Gasteiger partial charge in [-0.1, -0.05) is 0 Å². The first kappa shape index (κ1) is 14.4. The molecule has 1 rings (SSSR count). The average molecular weight is 274 g/mol. The number of aromatic carboxylic acids is 1. The molecule has 18 heavy (non-hydrogen) atoms. The summed E-state index contributed by atoms with van der Waals surface area (Å²) in [5.41, 5.74) is 5.21. The van der Waals surface area contributed by atoms with E-state index in [2.05, 4.69) is 4.72 Å². The molecule has 0 aliphatic carbocycles. The van der Waals surface area contributed by atoms with Crippen molar-refractivity contribution < 1.29 is 23.4 Å². The van der Waals surface area contributed by atoms with Crippen LogP contribution in [0.5, 0.6) is 0 Å². The molecule has 7 nitrogen and oxygen atoms in total. The first-order chi connectivity index (χ1) is 8.24. The van der Waals surface area contributed by atoms with Crippen LogP contribution in [0.2, 0.25) is 0 Å². The zero-order chi connectivity index (χ0) is 13.9. The number of aliphatic hydroxyl groups is 1. The van der Waals surface area contributed by atoms with Gasteiger partial charge in [-0.05, 0) is 25.1 Å². The molecule has 1 aromatic rings. The Hall–Kier alpha value is -1.64. The summed E-state index contributed by atoms with van der Waals surface area (Å²) in [6, 6.07) is 3.49. The molecule has 0 bridgehead atoms. The fourth-order valence-corrected chi connectivity index (χ4v) is 2.60. The minimum atomic E-state index is -4.02. The van der Waals surface area contributed by atoms with Crippen molar-refractivity contribution >= 4 is 21.7 Å². The van der Waals surface area contributed by atoms with Gasteiger partial charge in [0, 0.05) is 12.2 Å². The van der Waals surface area contributed by atoms with E-state index in [4.69, 9.17) is 15.9 Å². The highest BCUT2D eigenvalue weighted by Crippen LogP contribution is 2.19. The lowest BCUT2D eigenvalue weighted by Crippen LogP contribution is -2.31. The third kappa shape index (κ3) is 3.42. The third-order valence-corrected chi connectivity index (χ3v) is 3.56. The van der Waals surface area contributed by atoms with Gasteiger partial charge < -0.3 is 15.9 Å². The van der Waals surface area contributed by atoms with Gasteiger partial charge in [0.25, 0.3) is 0 Å². The molecule has 0 fully saturated rings. The Morgan fingerprint density at radius 2 is 2.11 bits per heavy atom. The van der Waals surface area contributed by atoms with E-state index in [1.54, 1.807) is 0 Å². The van der Waals surface area contributed by atoms with Gasteiger partial charge in [-0.2, -0.15) is 0 Å². The van der Waals surface area contributed by atoms with Gasteiger partial charge in [0.05, 0.1) is 16.6 Å². The molecule has 0 spiro atoms. The molecular formula is C10H14N2O5S. The molecule has 0 radical (unpaired) electrons. The smallest absolute Gasteiger partial charge is 0.337 e. The van der Waals surface area contributed by atoms with E-state index in [1.807, 2.05) is 0 Å². The topological polar surface area (TPSA) is 130 Å². The maximum absolute atomic E-state index is 11.9. The number of sulfonamides is 1. The predicted octanol–water partition coefficient (Wildman–Crippen LogP) is -0.374. The number of aliphatic hydroxyl groups excluding tert-OH is 1. The lowest BCUT2D eigenvalue weighted by atomic mass is 10.2. The zero-order valence-corrected chi connectivity index (χ0v) is 10.4. The number of anilines is 1. The number of carboxylic acids is 1. The van der Waals surface area contributed by atoms with E-state index >= 15 is 0 Å². The highest BCUT2D eigenvalue weighted by atomic mass is 32.2. The number of nitrogen functional groups attached to an aromatic ring is 1. The van der Waals surface area contributed by atoms with Crippen molar-refractivity contribution in [2.24, 2.45) is 0 Å². The van der Waals surface area contributed by atoms with Crippen LogP contribution in [0.4, 0.5) is 5.69 Å². The monoisotopic (exact) mass is 274 g/mol. The lowest BCUT2D eigenvalue weighted by molar-refractivity contribution is 0.0692. The second-order valence-electron chi connectivity index (χ2n) is 3.76. The summed E-state index contributed by atoms with van der Waals surface area (Å²) in [5.74, 6) is -1.37. The Bertz CT molecular complexity index is 553. The molecule has 1 atom stereocenters. The fourth-order valence-electron chi connectivity index (χ4n) is 1.25. The molecule has 0 unspecified atom stereocenters. The number of nitrogens with two attached hydrogens (primary N) is 1. The molecule has 0 aliphatic heterocycles. The Balaban J connectivity index is 3.22. The summed E-state index contributed by atoms with van der Waals surface area (Å²) >= 11 is 0. The first-order valence-corrected chi connectivity index (χ1v) is 6.53. The molecule has 0 aromatic heterocycles. The molecule has 8 heteroatoms. The second kappa shape index (κ2) is 5.34. The average Bonchev–Trinajstić information content (AvgIpc) is 2.26. The number of carbonyl (C=O) groups is 1. The standard InChI is InChI=1S/C10H14N2O5S/c1-6(13)5-12-18(16,17)9-4-7(11)2-3-8(9)10(14)15/h2-4,6,12-13H,5,11H2,1H3,(H,14,15)/t6-/m0/s1. The van der Waals surface area contributed by atoms with Crippen LogP contribution >= 0.6 is 0 Å². The van der Waals surface area contributed by atoms with Crippen LogP contribution in [0.25, 0.3) is 0 Å². The van der Waals surface area contributed by atoms with Crippen LogP contribution in [-0.4, -0.2) is 37.2 Å². The number of benzene rings is 1. The Labute approximate surface area is 104 Å². The van der Waals surface area contributed by atoms with Crippen LogP contribution in [0.1, 0.15) is 17.3 Å². The molecule has 0 saturated carbocycles. The number of rotatable bonds is 5. The quantitative estimate of drug-likeness (QED) is 0.542. The van der Waals surface area contributed by atoms with Gasteiger partial charge >= 0.3 is 5.97 Å². The van der Waals surface area contributed by atoms with Gasteiger partial charge in [-0.25, -0.2) is 17.9 Å². The minimum absolute atomic E-state index is 0.137. The normalized spacial score (nSPS) is 13.2. The van der Waals surface area contributed by atoms with Gasteiger partial charge in [-0.15, -0.1) is 0 Å². The molecule has 0 saturated heterocycles. The van der Waals surface area contributed by atoms with Crippen molar-refractivity contribution in [3.8, 4) is 0 Å². The highest BCUT2D eigenvalue weighted by molar-refractivity contribution is 7.89. The van der Waals surface area contributed by atoms with Crippen LogP contribution in [0.15, 0.2) is 23.1 Å². The van der Waals surface area contributed by atoms with Gasteiger partial charge in [0.15, 0.2) is 0 Å². The fraction of sp³-hybridized carbons (Fsp3) is 0.300. The Morgan fingerprint density at radius 1 is 1.50 bits per heavy atom. The summed E-state index contributed by atoms with van der Waals surface area (Å²) in [5, 5.41) is 17.9. The van der Waals surface area contributed by atoms with Crippen molar-refractivity contribution in [2.75, 3.05) is 12.3 Å². The zero-order valence-electron chi connectivity index (χ0n) is 9.62. The largest absolute Gasteiger partial charge is 0.478 e. The van der Waals surface area contributed by atoms with Gasteiger partial charge in [0.2, 0.25) is 10.0 Å². The Kier molecular flexibility index (Phi) is 4.28. The Morgan fingerprint density at radius 3 is 2.61 bits per heavy atom. The lowest BCUT2D eigenvalue weighted by Gasteiger charge is -2.11. The SMILES string of the molecule is C[C@H](O)CNS(=O)(=O)c1cc(N)ccc1C(=O)O. The van der Waals surface area contributed by atoms with E-state index in [0.717, 1.165) is 12.1 Å². The molecule has 0 heterocycles. The van der Waals surface area contributed by atoms with Crippen molar-refractivity contribution in [3.63, 3.8) is 0 Å². The van der Waals surface area contributed by atoms with Gasteiger partial charge in [0.1, 0.15) is 0 Å². The number of nitrogens with one attached hydrogen (secondary N) is 1. The summed E-state index contributed by atoms with van der Waals surface area (Å²) in [6.45, 7) is 1.19. The van der Waals surface area contributed by atoms with E-state index in [9.17, 15) is 13.2 Å². The molecule has 0 amide bonds. The first-order valence-electron chi connectivity index (χ1n) is 5.04. The molecule has 1 aromatic carbocycles. The summed E-state index contributed by atoms with van der Waals surface area (Å²) in [6.07, 6.45) is -0.880.